The van der Waals surface area contributed by atoms with Crippen LogP contribution in [-0.4, -0.2) is 91.0 Å². The first-order chi connectivity index (χ1) is 14.6. The molecule has 0 aromatic carbocycles. The van der Waals surface area contributed by atoms with Crippen LogP contribution in [0.2, 0.25) is 0 Å². The fourth-order valence-corrected chi connectivity index (χ4v) is 5.63. The van der Waals surface area contributed by atoms with E-state index in [9.17, 15) is 4.79 Å². The Morgan fingerprint density at radius 1 is 1.20 bits per heavy atom. The normalized spacial score (nSPS) is 27.0. The Kier molecular flexibility index (Phi) is 5.74. The molecular weight excluding hydrogens is 394 g/mol. The lowest BCUT2D eigenvalue weighted by Crippen LogP contribution is -2.57. The summed E-state index contributed by atoms with van der Waals surface area (Å²) in [5, 5.41) is 4.29. The first-order valence-electron chi connectivity index (χ1n) is 11.0. The van der Waals surface area contributed by atoms with Crippen molar-refractivity contribution in [1.29, 1.82) is 0 Å². The summed E-state index contributed by atoms with van der Waals surface area (Å²) in [6.45, 7) is 8.53. The smallest absolute Gasteiger partial charge is 0.270 e. The number of hydrogen-bond donors (Lipinski definition) is 1. The number of piperidine rings is 3. The van der Waals surface area contributed by atoms with Gasteiger partial charge in [-0.1, -0.05) is 11.8 Å². The van der Waals surface area contributed by atoms with Crippen LogP contribution >= 0.6 is 11.3 Å². The van der Waals surface area contributed by atoms with Gasteiger partial charge in [0.1, 0.15) is 5.69 Å². The van der Waals surface area contributed by atoms with E-state index in [4.69, 9.17) is 0 Å². The molecule has 4 fully saturated rings. The summed E-state index contributed by atoms with van der Waals surface area (Å²) in [5.74, 6) is 7.19. The summed E-state index contributed by atoms with van der Waals surface area (Å²) in [6, 6.07) is 4.26. The van der Waals surface area contributed by atoms with Gasteiger partial charge in [0.15, 0.2) is 0 Å². The van der Waals surface area contributed by atoms with Gasteiger partial charge in [-0.3, -0.25) is 9.69 Å². The predicted octanol–water partition coefficient (Wildman–Crippen LogP) is 1.72. The molecule has 6 rings (SSSR count). The van der Waals surface area contributed by atoms with Crippen LogP contribution in [0.4, 0.5) is 0 Å². The quantitative estimate of drug-likeness (QED) is 0.762. The van der Waals surface area contributed by atoms with E-state index in [2.05, 4.69) is 50.0 Å². The van der Waals surface area contributed by atoms with Gasteiger partial charge in [-0.15, -0.1) is 11.3 Å². The van der Waals surface area contributed by atoms with E-state index in [0.717, 1.165) is 54.2 Å². The van der Waals surface area contributed by atoms with Gasteiger partial charge in [0.2, 0.25) is 0 Å². The second kappa shape index (κ2) is 8.64. The average molecular weight is 424 g/mol. The molecule has 1 N–H and O–H groups in total. The summed E-state index contributed by atoms with van der Waals surface area (Å²) in [6.07, 6.45) is 4.20. The minimum Gasteiger partial charge on any atom is -0.346 e. The Morgan fingerprint density at radius 2 is 2.00 bits per heavy atom. The van der Waals surface area contributed by atoms with Crippen LogP contribution < -0.4 is 5.32 Å². The molecule has 0 spiro atoms. The number of fused-ring (bicyclic) bond motifs is 4. The largest absolute Gasteiger partial charge is 0.346 e. The molecule has 1 amide bonds. The van der Waals surface area contributed by atoms with Crippen LogP contribution in [0.1, 0.15) is 28.2 Å². The standard InChI is InChI=1S/C23H29N5OS/c1-26-9-11-27(12-10-26)6-2-3-19-13-18-14-20(24-15-22(18)30-19)23(29)25-21-16-28-7-4-17(21)5-8-28/h13-15,17,21H,4-12,16H2,1H3,(H,25,29)/t21-/m0/s1. The summed E-state index contributed by atoms with van der Waals surface area (Å²) < 4.78 is 1.08. The van der Waals surface area contributed by atoms with E-state index in [1.807, 2.05) is 12.3 Å². The number of rotatable bonds is 3. The molecule has 2 bridgehead atoms. The van der Waals surface area contributed by atoms with Crippen LogP contribution in [0.25, 0.3) is 10.1 Å². The summed E-state index contributed by atoms with van der Waals surface area (Å²) >= 11 is 1.65. The molecule has 2 aromatic heterocycles. The van der Waals surface area contributed by atoms with E-state index in [-0.39, 0.29) is 11.9 Å². The van der Waals surface area contributed by atoms with E-state index in [1.54, 1.807) is 11.3 Å². The van der Waals surface area contributed by atoms with Crippen LogP contribution in [0, 0.1) is 17.8 Å². The monoisotopic (exact) mass is 423 g/mol. The van der Waals surface area contributed by atoms with Crippen molar-refractivity contribution in [2.24, 2.45) is 5.92 Å². The maximum absolute atomic E-state index is 12.8. The number of aromatic nitrogens is 1. The zero-order valence-corrected chi connectivity index (χ0v) is 18.4. The molecule has 0 aliphatic carbocycles. The zero-order chi connectivity index (χ0) is 20.5. The third-order valence-corrected chi connectivity index (χ3v) is 7.72. The Balaban J connectivity index is 1.23. The maximum Gasteiger partial charge on any atom is 0.270 e. The van der Waals surface area contributed by atoms with Crippen molar-refractivity contribution < 1.29 is 4.79 Å². The maximum atomic E-state index is 12.8. The lowest BCUT2D eigenvalue weighted by Gasteiger charge is -2.44. The van der Waals surface area contributed by atoms with E-state index in [0.29, 0.717) is 11.6 Å². The molecule has 4 aliphatic heterocycles. The topological polar surface area (TPSA) is 51.7 Å². The number of nitrogens with one attached hydrogen (secondary N) is 1. The molecular formula is C23H29N5OS. The number of thiophene rings is 1. The molecule has 2 aromatic rings. The van der Waals surface area contributed by atoms with Crippen molar-refractivity contribution in [3.8, 4) is 11.8 Å². The third-order valence-electron chi connectivity index (χ3n) is 6.72. The molecule has 0 unspecified atom stereocenters. The van der Waals surface area contributed by atoms with E-state index < -0.39 is 0 Å². The number of hydrogen-bond acceptors (Lipinski definition) is 6. The van der Waals surface area contributed by atoms with Crippen molar-refractivity contribution in [3.05, 3.63) is 28.9 Å². The van der Waals surface area contributed by atoms with Crippen LogP contribution in [0.5, 0.6) is 0 Å². The first kappa shape index (κ1) is 20.0. The highest BCUT2D eigenvalue weighted by Crippen LogP contribution is 2.28. The highest BCUT2D eigenvalue weighted by Gasteiger charge is 2.35. The SMILES string of the molecule is CN1CCN(CC#Cc2cc3cc(C(=O)N[C@H]4CN5CCC4CC5)ncc3s2)CC1. The molecule has 1 atom stereocenters. The second-order valence-electron chi connectivity index (χ2n) is 8.82. The highest BCUT2D eigenvalue weighted by atomic mass is 32.1. The summed E-state index contributed by atoms with van der Waals surface area (Å²) in [5.41, 5.74) is 0.508. The predicted molar refractivity (Wildman–Crippen MR) is 121 cm³/mol. The highest BCUT2D eigenvalue weighted by molar-refractivity contribution is 7.19. The Labute approximate surface area is 182 Å². The number of amides is 1. The zero-order valence-electron chi connectivity index (χ0n) is 17.6. The van der Waals surface area contributed by atoms with Gasteiger partial charge < -0.3 is 15.1 Å². The van der Waals surface area contributed by atoms with Crippen LogP contribution in [0.3, 0.4) is 0 Å². The Morgan fingerprint density at radius 3 is 2.73 bits per heavy atom. The minimum absolute atomic E-state index is 0.0513. The van der Waals surface area contributed by atoms with Gasteiger partial charge in [-0.2, -0.15) is 0 Å². The number of likely N-dealkylation sites (N-methyl/N-ethyl adjacent to an activating group) is 1. The first-order valence-corrected chi connectivity index (χ1v) is 11.8. The van der Waals surface area contributed by atoms with Crippen molar-refractivity contribution in [2.75, 3.05) is 59.4 Å². The van der Waals surface area contributed by atoms with Gasteiger partial charge in [-0.05, 0) is 56.4 Å². The lowest BCUT2D eigenvalue weighted by molar-refractivity contribution is 0.0618. The van der Waals surface area contributed by atoms with Gasteiger partial charge in [0, 0.05) is 45.0 Å². The second-order valence-corrected chi connectivity index (χ2v) is 9.90. The minimum atomic E-state index is -0.0513. The third kappa shape index (κ3) is 4.37. The Bertz CT molecular complexity index is 976. The number of pyridine rings is 1. The number of nitrogens with zero attached hydrogens (tertiary/aromatic N) is 4. The number of carbonyl (C=O) groups is 1. The number of carbonyl (C=O) groups excluding carboxylic acids is 1. The van der Waals surface area contributed by atoms with Gasteiger partial charge in [0.05, 0.1) is 16.1 Å². The summed E-state index contributed by atoms with van der Waals surface area (Å²) in [4.78, 5) is 25.5. The molecule has 6 heterocycles. The van der Waals surface area contributed by atoms with Crippen molar-refractivity contribution >= 4 is 27.3 Å². The van der Waals surface area contributed by atoms with E-state index >= 15 is 0 Å². The Hall–Kier alpha value is -1.98. The fourth-order valence-electron chi connectivity index (χ4n) is 4.75. The average Bonchev–Trinajstić information content (AvgIpc) is 3.18. The molecule has 4 aliphatic rings. The molecule has 30 heavy (non-hydrogen) atoms. The van der Waals surface area contributed by atoms with E-state index in [1.165, 1.54) is 25.9 Å². The number of piperazine rings is 1. The van der Waals surface area contributed by atoms with Crippen LogP contribution in [0.15, 0.2) is 18.3 Å². The molecule has 0 saturated carbocycles. The van der Waals surface area contributed by atoms with Crippen molar-refractivity contribution in [1.82, 2.24) is 25.0 Å². The lowest BCUT2D eigenvalue weighted by atomic mass is 9.84. The molecule has 0 radical (unpaired) electrons. The van der Waals surface area contributed by atoms with Gasteiger partial charge in [0.25, 0.3) is 5.91 Å². The molecule has 158 valence electrons. The molecule has 4 saturated heterocycles. The van der Waals surface area contributed by atoms with Gasteiger partial charge in [-0.25, -0.2) is 4.98 Å². The fraction of sp³-hybridized carbons (Fsp3) is 0.565. The summed E-state index contributed by atoms with van der Waals surface area (Å²) in [7, 11) is 2.17. The van der Waals surface area contributed by atoms with Crippen molar-refractivity contribution in [3.63, 3.8) is 0 Å². The van der Waals surface area contributed by atoms with Crippen molar-refractivity contribution in [2.45, 2.75) is 18.9 Å². The van der Waals surface area contributed by atoms with Crippen LogP contribution in [-0.2, 0) is 0 Å². The molecule has 6 nitrogen and oxygen atoms in total. The molecule has 7 heteroatoms. The van der Waals surface area contributed by atoms with Gasteiger partial charge >= 0.3 is 0 Å².